The van der Waals surface area contributed by atoms with E-state index >= 15 is 0 Å². The van der Waals surface area contributed by atoms with Crippen molar-refractivity contribution in [3.05, 3.63) is 29.6 Å². The van der Waals surface area contributed by atoms with Crippen molar-refractivity contribution in [2.75, 3.05) is 39.4 Å². The topological polar surface area (TPSA) is 61.8 Å². The van der Waals surface area contributed by atoms with Crippen LogP contribution in [-0.2, 0) is 11.3 Å². The zero-order valence-corrected chi connectivity index (χ0v) is 17.5. The van der Waals surface area contributed by atoms with E-state index in [1.54, 1.807) is 0 Å². The Balaban J connectivity index is 2.02. The third-order valence-electron chi connectivity index (χ3n) is 5.28. The molecule has 1 aromatic rings. The second kappa shape index (κ2) is 11.9. The van der Waals surface area contributed by atoms with Crippen molar-refractivity contribution >= 4 is 5.96 Å². The van der Waals surface area contributed by atoms with Gasteiger partial charge in [-0.25, -0.2) is 4.99 Å². The van der Waals surface area contributed by atoms with Crippen molar-refractivity contribution in [3.8, 4) is 0 Å². The first-order valence-corrected chi connectivity index (χ1v) is 10.4. The van der Waals surface area contributed by atoms with Crippen LogP contribution in [0.2, 0.25) is 0 Å². The van der Waals surface area contributed by atoms with Crippen LogP contribution in [0.5, 0.6) is 0 Å². The number of nitrogens with one attached hydrogen (secondary N) is 2. The summed E-state index contributed by atoms with van der Waals surface area (Å²) in [6.07, 6.45) is 2.39. The van der Waals surface area contributed by atoms with E-state index in [0.717, 1.165) is 56.7 Å². The summed E-state index contributed by atoms with van der Waals surface area (Å²) in [5, 5.41) is 6.95. The molecule has 1 saturated heterocycles. The maximum Gasteiger partial charge on any atom is 0.191 e. The second-order valence-electron chi connectivity index (χ2n) is 7.14. The lowest BCUT2D eigenvalue weighted by Gasteiger charge is -2.39. The number of hydrogen-bond donors (Lipinski definition) is 2. The standard InChI is InChI=1S/C21H37N5O/c1-5-18(6-2)20(26-11-13-27-14-12-26)16-24-21(22-7-3)23-15-19-10-8-9-17(4)25-19/h8-10,18,20H,5-7,11-16H2,1-4H3,(H2,22,23,24). The molecule has 6 nitrogen and oxygen atoms in total. The predicted molar refractivity (Wildman–Crippen MR) is 112 cm³/mol. The second-order valence-corrected chi connectivity index (χ2v) is 7.14. The first kappa shape index (κ1) is 21.6. The summed E-state index contributed by atoms with van der Waals surface area (Å²) in [5.74, 6) is 1.54. The van der Waals surface area contributed by atoms with Gasteiger partial charge in [0.15, 0.2) is 5.96 Å². The summed E-state index contributed by atoms with van der Waals surface area (Å²) < 4.78 is 5.55. The van der Waals surface area contributed by atoms with Crippen molar-refractivity contribution in [2.24, 2.45) is 10.9 Å². The van der Waals surface area contributed by atoms with E-state index in [0.29, 0.717) is 18.5 Å². The van der Waals surface area contributed by atoms with Gasteiger partial charge in [-0.3, -0.25) is 9.88 Å². The van der Waals surface area contributed by atoms with Gasteiger partial charge in [0.05, 0.1) is 25.5 Å². The Morgan fingerprint density at radius 2 is 1.93 bits per heavy atom. The van der Waals surface area contributed by atoms with Gasteiger partial charge in [0.2, 0.25) is 0 Å². The minimum atomic E-state index is 0.504. The van der Waals surface area contributed by atoms with Crippen LogP contribution in [-0.4, -0.2) is 61.3 Å². The van der Waals surface area contributed by atoms with Crippen molar-refractivity contribution in [3.63, 3.8) is 0 Å². The van der Waals surface area contributed by atoms with Crippen molar-refractivity contribution < 1.29 is 4.74 Å². The first-order chi connectivity index (χ1) is 13.2. The molecule has 2 heterocycles. The predicted octanol–water partition coefficient (Wildman–Crippen LogP) is 2.58. The minimum absolute atomic E-state index is 0.504. The highest BCUT2D eigenvalue weighted by Crippen LogP contribution is 2.19. The molecule has 1 aliphatic heterocycles. The molecule has 0 amide bonds. The van der Waals surface area contributed by atoms with Gasteiger partial charge in [0.1, 0.15) is 0 Å². The molecular formula is C21H37N5O. The average molecular weight is 376 g/mol. The molecule has 27 heavy (non-hydrogen) atoms. The van der Waals surface area contributed by atoms with E-state index < -0.39 is 0 Å². The number of aliphatic imine (C=N–C) groups is 1. The monoisotopic (exact) mass is 375 g/mol. The Labute approximate surface area is 164 Å². The molecule has 0 spiro atoms. The van der Waals surface area contributed by atoms with Crippen molar-refractivity contribution in [2.45, 2.75) is 53.1 Å². The molecule has 152 valence electrons. The van der Waals surface area contributed by atoms with E-state index in [1.165, 1.54) is 12.8 Å². The lowest BCUT2D eigenvalue weighted by Crippen LogP contribution is -2.53. The smallest absolute Gasteiger partial charge is 0.191 e. The minimum Gasteiger partial charge on any atom is -0.379 e. The van der Waals surface area contributed by atoms with E-state index in [1.807, 2.05) is 25.1 Å². The van der Waals surface area contributed by atoms with E-state index in [-0.39, 0.29) is 0 Å². The van der Waals surface area contributed by atoms with Gasteiger partial charge in [0.25, 0.3) is 0 Å². The summed E-state index contributed by atoms with van der Waals surface area (Å²) in [6.45, 7) is 14.8. The zero-order valence-electron chi connectivity index (χ0n) is 17.5. The molecule has 0 saturated carbocycles. The maximum atomic E-state index is 5.55. The molecule has 0 aromatic carbocycles. The lowest BCUT2D eigenvalue weighted by molar-refractivity contribution is 0.00272. The van der Waals surface area contributed by atoms with Crippen LogP contribution in [0.15, 0.2) is 23.2 Å². The molecule has 0 bridgehead atoms. The molecule has 2 rings (SSSR count). The van der Waals surface area contributed by atoms with Crippen LogP contribution in [0, 0.1) is 12.8 Å². The average Bonchev–Trinajstić information content (AvgIpc) is 2.70. The van der Waals surface area contributed by atoms with Crippen LogP contribution < -0.4 is 10.6 Å². The van der Waals surface area contributed by atoms with Gasteiger partial charge in [0, 0.05) is 37.9 Å². The molecule has 6 heteroatoms. The Morgan fingerprint density at radius 1 is 1.19 bits per heavy atom. The van der Waals surface area contributed by atoms with Crippen LogP contribution in [0.3, 0.4) is 0 Å². The van der Waals surface area contributed by atoms with Crippen LogP contribution >= 0.6 is 0 Å². The highest BCUT2D eigenvalue weighted by Gasteiger charge is 2.26. The van der Waals surface area contributed by atoms with Crippen molar-refractivity contribution in [1.29, 1.82) is 0 Å². The summed E-state index contributed by atoms with van der Waals surface area (Å²) in [7, 11) is 0. The molecule has 1 unspecified atom stereocenters. The van der Waals surface area contributed by atoms with Gasteiger partial charge in [-0.2, -0.15) is 0 Å². The number of aromatic nitrogens is 1. The van der Waals surface area contributed by atoms with E-state index in [4.69, 9.17) is 9.73 Å². The van der Waals surface area contributed by atoms with Gasteiger partial charge >= 0.3 is 0 Å². The quantitative estimate of drug-likeness (QED) is 0.513. The Bertz CT molecular complexity index is 567. The van der Waals surface area contributed by atoms with Crippen LogP contribution in [0.1, 0.15) is 45.0 Å². The number of pyridine rings is 1. The van der Waals surface area contributed by atoms with Gasteiger partial charge in [-0.05, 0) is 31.9 Å². The molecule has 1 aromatic heterocycles. The summed E-state index contributed by atoms with van der Waals surface area (Å²) in [4.78, 5) is 11.9. The Morgan fingerprint density at radius 3 is 2.56 bits per heavy atom. The summed E-state index contributed by atoms with van der Waals surface area (Å²) >= 11 is 0. The van der Waals surface area contributed by atoms with Gasteiger partial charge in [-0.1, -0.05) is 32.8 Å². The highest BCUT2D eigenvalue weighted by molar-refractivity contribution is 5.79. The fourth-order valence-electron chi connectivity index (χ4n) is 3.73. The number of guanidine groups is 1. The van der Waals surface area contributed by atoms with Crippen LogP contribution in [0.25, 0.3) is 0 Å². The summed E-state index contributed by atoms with van der Waals surface area (Å²) in [5.41, 5.74) is 2.03. The van der Waals surface area contributed by atoms with Gasteiger partial charge in [-0.15, -0.1) is 0 Å². The largest absolute Gasteiger partial charge is 0.379 e. The fraction of sp³-hybridized carbons (Fsp3) is 0.714. The molecular weight excluding hydrogens is 338 g/mol. The first-order valence-electron chi connectivity index (χ1n) is 10.4. The number of rotatable bonds is 9. The molecule has 2 N–H and O–H groups in total. The molecule has 1 fully saturated rings. The van der Waals surface area contributed by atoms with Gasteiger partial charge < -0.3 is 15.4 Å². The van der Waals surface area contributed by atoms with Crippen LogP contribution in [0.4, 0.5) is 0 Å². The number of ether oxygens (including phenoxy) is 1. The fourth-order valence-corrected chi connectivity index (χ4v) is 3.73. The third-order valence-corrected chi connectivity index (χ3v) is 5.28. The molecule has 0 radical (unpaired) electrons. The highest BCUT2D eigenvalue weighted by atomic mass is 16.5. The number of hydrogen-bond acceptors (Lipinski definition) is 4. The molecule has 1 aliphatic rings. The zero-order chi connectivity index (χ0) is 19.5. The van der Waals surface area contributed by atoms with E-state index in [9.17, 15) is 0 Å². The Hall–Kier alpha value is -1.66. The lowest BCUT2D eigenvalue weighted by atomic mass is 9.92. The molecule has 1 atom stereocenters. The molecule has 0 aliphatic carbocycles. The SMILES string of the molecule is CCNC(=NCc1cccc(C)n1)NCC(C(CC)CC)N1CCOCC1. The number of morpholine rings is 1. The third kappa shape index (κ3) is 7.11. The normalized spacial score (nSPS) is 17.1. The number of aryl methyl sites for hydroxylation is 1. The Kier molecular flexibility index (Phi) is 9.56. The summed E-state index contributed by atoms with van der Waals surface area (Å²) in [6, 6.07) is 6.58. The van der Waals surface area contributed by atoms with E-state index in [2.05, 4.69) is 41.3 Å². The van der Waals surface area contributed by atoms with Crippen molar-refractivity contribution in [1.82, 2.24) is 20.5 Å². The maximum absolute atomic E-state index is 5.55. The number of nitrogens with zero attached hydrogens (tertiary/aromatic N) is 3.